The second-order valence-corrected chi connectivity index (χ2v) is 6.68. The Balaban J connectivity index is 0.00000324. The van der Waals surface area contributed by atoms with Gasteiger partial charge in [0.15, 0.2) is 0 Å². The number of aryl methyl sites for hydroxylation is 1. The van der Waals surface area contributed by atoms with Crippen molar-refractivity contribution < 1.29 is 21.7 Å². The molecule has 0 spiro atoms. The third-order valence-corrected chi connectivity index (χ3v) is 3.77. The molecule has 0 saturated heterocycles. The highest BCUT2D eigenvalue weighted by molar-refractivity contribution is 7.14. The summed E-state index contributed by atoms with van der Waals surface area (Å²) in [4.78, 5) is 6.46. The minimum absolute atomic E-state index is 0. The molecular formula is C13H25BrN4S. The molecule has 0 unspecified atom stereocenters. The van der Waals surface area contributed by atoms with Crippen LogP contribution in [0.5, 0.6) is 0 Å². The van der Waals surface area contributed by atoms with Gasteiger partial charge in [0.2, 0.25) is 6.34 Å². The van der Waals surface area contributed by atoms with E-state index in [9.17, 15) is 0 Å². The molecule has 1 aromatic heterocycles. The first-order chi connectivity index (χ1) is 8.34. The summed E-state index contributed by atoms with van der Waals surface area (Å²) in [6, 6.07) is 0. The van der Waals surface area contributed by atoms with Crippen LogP contribution in [0.1, 0.15) is 45.5 Å². The lowest BCUT2D eigenvalue weighted by atomic mass is 9.98. The molecule has 0 aliphatic heterocycles. The number of halogens is 1. The number of aliphatic imine (C=N–C) groups is 1. The van der Waals surface area contributed by atoms with Gasteiger partial charge < -0.3 is 21.9 Å². The van der Waals surface area contributed by atoms with Crippen molar-refractivity contribution in [2.45, 2.75) is 52.5 Å². The van der Waals surface area contributed by atoms with Gasteiger partial charge in [-0.2, -0.15) is 0 Å². The standard InChI is InChI=1S/C13H25N4S.BrH/c1-7-8-9-17-12(14-10-16(5)6)18-11(15-17)13(2,3)4;/h10H,7-9H2,1-6H3;1H/q+1;/p-1. The average molecular weight is 349 g/mol. The van der Waals surface area contributed by atoms with Crippen LogP contribution in [0.25, 0.3) is 0 Å². The molecule has 0 aliphatic rings. The molecule has 0 N–H and O–H groups in total. The SMILES string of the molecule is CCCC[n+]1nc(C(C)(C)C)sc1N=CN(C)C.[Br-]. The Kier molecular flexibility index (Phi) is 7.74. The van der Waals surface area contributed by atoms with Crippen molar-refractivity contribution >= 4 is 22.8 Å². The van der Waals surface area contributed by atoms with Gasteiger partial charge in [0, 0.05) is 19.5 Å². The third kappa shape index (κ3) is 5.99. The van der Waals surface area contributed by atoms with Gasteiger partial charge >= 0.3 is 5.13 Å². The summed E-state index contributed by atoms with van der Waals surface area (Å²) in [6.45, 7) is 9.71. The molecule has 0 radical (unpaired) electrons. The van der Waals surface area contributed by atoms with E-state index in [1.54, 1.807) is 11.3 Å². The van der Waals surface area contributed by atoms with Gasteiger partial charge in [-0.3, -0.25) is 0 Å². The van der Waals surface area contributed by atoms with Crippen molar-refractivity contribution in [3.8, 4) is 0 Å². The van der Waals surface area contributed by atoms with Gasteiger partial charge in [0.1, 0.15) is 11.6 Å². The molecule has 19 heavy (non-hydrogen) atoms. The second-order valence-electron chi connectivity index (χ2n) is 5.72. The number of rotatable bonds is 5. The van der Waals surface area contributed by atoms with Crippen LogP contribution in [0.2, 0.25) is 0 Å². The van der Waals surface area contributed by atoms with Gasteiger partial charge in [-0.05, 0) is 22.8 Å². The first kappa shape index (κ1) is 18.5. The van der Waals surface area contributed by atoms with E-state index in [0.29, 0.717) is 0 Å². The van der Waals surface area contributed by atoms with Crippen LogP contribution in [0, 0.1) is 0 Å². The van der Waals surface area contributed by atoms with Gasteiger partial charge in [-0.1, -0.05) is 39.2 Å². The fourth-order valence-electron chi connectivity index (χ4n) is 1.33. The van der Waals surface area contributed by atoms with E-state index in [0.717, 1.165) is 23.1 Å². The fraction of sp³-hybridized carbons (Fsp3) is 0.769. The molecule has 0 bridgehead atoms. The number of unbranched alkanes of at least 4 members (excludes halogenated alkanes) is 1. The van der Waals surface area contributed by atoms with Crippen molar-refractivity contribution in [3.63, 3.8) is 0 Å². The number of hydrogen-bond acceptors (Lipinski definition) is 3. The fourth-order valence-corrected chi connectivity index (χ4v) is 2.28. The Morgan fingerprint density at radius 3 is 2.47 bits per heavy atom. The maximum atomic E-state index is 4.70. The Hall–Kier alpha value is -0.490. The highest BCUT2D eigenvalue weighted by Gasteiger charge is 2.25. The Bertz CT molecular complexity index is 407. The van der Waals surface area contributed by atoms with E-state index in [1.165, 1.54) is 6.42 Å². The average Bonchev–Trinajstić information content (AvgIpc) is 2.66. The van der Waals surface area contributed by atoms with Crippen LogP contribution in [0.15, 0.2) is 4.99 Å². The minimum Gasteiger partial charge on any atom is -1.00 e. The molecule has 0 amide bonds. The molecule has 6 heteroatoms. The van der Waals surface area contributed by atoms with E-state index in [1.807, 2.05) is 30.0 Å². The number of hydrogen-bond donors (Lipinski definition) is 0. The van der Waals surface area contributed by atoms with Crippen molar-refractivity contribution in [1.82, 2.24) is 10.00 Å². The zero-order chi connectivity index (χ0) is 13.8. The van der Waals surface area contributed by atoms with Crippen molar-refractivity contribution in [2.24, 2.45) is 4.99 Å². The molecule has 0 atom stereocenters. The second kappa shape index (κ2) is 7.94. The molecule has 0 aliphatic carbocycles. The molecular weight excluding hydrogens is 324 g/mol. The molecule has 110 valence electrons. The largest absolute Gasteiger partial charge is 1.00 e. The summed E-state index contributed by atoms with van der Waals surface area (Å²) >= 11 is 1.69. The number of aromatic nitrogens is 2. The van der Waals surface area contributed by atoms with Crippen LogP contribution in [0.3, 0.4) is 0 Å². The smallest absolute Gasteiger partial charge is 0.406 e. The predicted molar refractivity (Wildman–Crippen MR) is 77.8 cm³/mol. The zero-order valence-electron chi connectivity index (χ0n) is 12.8. The van der Waals surface area contributed by atoms with Gasteiger partial charge in [0.25, 0.3) is 0 Å². The van der Waals surface area contributed by atoms with Crippen LogP contribution in [-0.4, -0.2) is 30.4 Å². The summed E-state index contributed by atoms with van der Waals surface area (Å²) in [5.41, 5.74) is 0.0878. The van der Waals surface area contributed by atoms with E-state index in [2.05, 4.69) is 32.7 Å². The summed E-state index contributed by atoms with van der Waals surface area (Å²) in [5.74, 6) is 0. The quantitative estimate of drug-likeness (QED) is 0.417. The Morgan fingerprint density at radius 1 is 1.37 bits per heavy atom. The van der Waals surface area contributed by atoms with E-state index >= 15 is 0 Å². The third-order valence-electron chi connectivity index (χ3n) is 2.38. The first-order valence-electron chi connectivity index (χ1n) is 6.46. The normalized spacial score (nSPS) is 11.7. The first-order valence-corrected chi connectivity index (χ1v) is 7.28. The zero-order valence-corrected chi connectivity index (χ0v) is 15.2. The molecule has 0 fully saturated rings. The van der Waals surface area contributed by atoms with Gasteiger partial charge in [0.05, 0.1) is 0 Å². The summed E-state index contributed by atoms with van der Waals surface area (Å²) in [5, 5.41) is 6.83. The highest BCUT2D eigenvalue weighted by atomic mass is 79.9. The lowest BCUT2D eigenvalue weighted by Crippen LogP contribution is -3.00. The van der Waals surface area contributed by atoms with Crippen LogP contribution < -0.4 is 21.7 Å². The molecule has 4 nitrogen and oxygen atoms in total. The van der Waals surface area contributed by atoms with Gasteiger partial charge in [-0.25, -0.2) is 0 Å². The number of nitrogens with zero attached hydrogens (tertiary/aromatic N) is 4. The van der Waals surface area contributed by atoms with Gasteiger partial charge in [-0.15, -0.1) is 4.68 Å². The van der Waals surface area contributed by atoms with Crippen LogP contribution in [0.4, 0.5) is 5.13 Å². The van der Waals surface area contributed by atoms with Crippen LogP contribution in [-0.2, 0) is 12.0 Å². The molecule has 1 heterocycles. The minimum atomic E-state index is 0. The van der Waals surface area contributed by atoms with E-state index in [-0.39, 0.29) is 22.4 Å². The van der Waals surface area contributed by atoms with Crippen molar-refractivity contribution in [2.75, 3.05) is 14.1 Å². The lowest BCUT2D eigenvalue weighted by Gasteiger charge is -2.11. The maximum Gasteiger partial charge on any atom is 0.406 e. The summed E-state index contributed by atoms with van der Waals surface area (Å²) in [7, 11) is 3.96. The summed E-state index contributed by atoms with van der Waals surface area (Å²) < 4.78 is 2.04. The summed E-state index contributed by atoms with van der Waals surface area (Å²) in [6.07, 6.45) is 4.15. The highest BCUT2D eigenvalue weighted by Crippen LogP contribution is 2.28. The molecule has 0 saturated carbocycles. The predicted octanol–water partition coefficient (Wildman–Crippen LogP) is -0.246. The van der Waals surface area contributed by atoms with Crippen LogP contribution >= 0.6 is 11.3 Å². The maximum absolute atomic E-state index is 4.70. The molecule has 0 aromatic carbocycles. The monoisotopic (exact) mass is 348 g/mol. The van der Waals surface area contributed by atoms with E-state index in [4.69, 9.17) is 5.10 Å². The Morgan fingerprint density at radius 2 is 2.00 bits per heavy atom. The van der Waals surface area contributed by atoms with Crippen molar-refractivity contribution in [1.29, 1.82) is 0 Å². The van der Waals surface area contributed by atoms with Crippen molar-refractivity contribution in [3.05, 3.63) is 5.01 Å². The molecule has 1 rings (SSSR count). The molecule has 1 aromatic rings. The van der Waals surface area contributed by atoms with E-state index < -0.39 is 0 Å². The lowest BCUT2D eigenvalue weighted by molar-refractivity contribution is -0.738. The topological polar surface area (TPSA) is 32.4 Å². The Labute approximate surface area is 131 Å².